The van der Waals surface area contributed by atoms with Gasteiger partial charge in [0, 0.05) is 21.7 Å². The fraction of sp³-hybridized carbons (Fsp3) is 0.400. The van der Waals surface area contributed by atoms with E-state index in [0.717, 1.165) is 35.8 Å². The number of rotatable bonds is 0. The Bertz CT molecular complexity index is 1490. The molecular formula is C40H48Br8O4Ti. The molecule has 0 heterocycles. The van der Waals surface area contributed by atoms with Gasteiger partial charge in [-0.1, -0.05) is 83.1 Å². The van der Waals surface area contributed by atoms with E-state index in [2.05, 4.69) is 211 Å². The van der Waals surface area contributed by atoms with E-state index in [1.807, 2.05) is 48.5 Å². The summed E-state index contributed by atoms with van der Waals surface area (Å²) in [5.41, 5.74) is 5.12. The zero-order valence-electron chi connectivity index (χ0n) is 31.9. The topological polar surface area (TPSA) is 80.9 Å². The molecule has 0 fully saturated rings. The Hall–Kier alpha value is 0.634. The first kappa shape index (κ1) is 53.6. The Morgan fingerprint density at radius 1 is 0.283 bits per heavy atom. The smallest absolute Gasteiger partial charge is 0.143 e. The number of hydrogen-bond donors (Lipinski definition) is 4. The third kappa shape index (κ3) is 17.2. The van der Waals surface area contributed by atoms with Crippen LogP contribution in [-0.2, 0) is 43.4 Å². The zero-order chi connectivity index (χ0) is 40.9. The van der Waals surface area contributed by atoms with Gasteiger partial charge in [0.15, 0.2) is 0 Å². The molecule has 13 heteroatoms. The Labute approximate surface area is 399 Å². The second-order valence-corrected chi connectivity index (χ2v) is 23.0. The van der Waals surface area contributed by atoms with Crippen LogP contribution in [0.3, 0.4) is 0 Å². The van der Waals surface area contributed by atoms with Gasteiger partial charge in [0.1, 0.15) is 23.0 Å². The van der Waals surface area contributed by atoms with Crippen LogP contribution in [-0.4, -0.2) is 20.4 Å². The second-order valence-electron chi connectivity index (χ2n) is 16.2. The molecule has 4 aromatic rings. The second kappa shape index (κ2) is 21.6. The molecule has 4 aromatic carbocycles. The van der Waals surface area contributed by atoms with Gasteiger partial charge in [0.25, 0.3) is 0 Å². The summed E-state index contributed by atoms with van der Waals surface area (Å²) in [6.45, 7) is 25.6. The summed E-state index contributed by atoms with van der Waals surface area (Å²) in [4.78, 5) is 0. The average Bonchev–Trinajstić information content (AvgIpc) is 2.98. The van der Waals surface area contributed by atoms with Crippen molar-refractivity contribution in [2.24, 2.45) is 0 Å². The van der Waals surface area contributed by atoms with Gasteiger partial charge < -0.3 is 20.4 Å². The van der Waals surface area contributed by atoms with E-state index in [1.54, 1.807) is 0 Å². The first-order valence-electron chi connectivity index (χ1n) is 16.0. The van der Waals surface area contributed by atoms with Crippen molar-refractivity contribution >= 4 is 127 Å². The van der Waals surface area contributed by atoms with Gasteiger partial charge in [-0.05, 0) is 220 Å². The summed E-state index contributed by atoms with van der Waals surface area (Å²) in [5, 5.41) is 38.0. The molecule has 0 unspecified atom stereocenters. The number of halogens is 8. The molecule has 0 spiro atoms. The van der Waals surface area contributed by atoms with Crippen LogP contribution in [0.2, 0.25) is 0 Å². The zero-order valence-corrected chi connectivity index (χ0v) is 46.2. The first-order valence-corrected chi connectivity index (χ1v) is 22.4. The Morgan fingerprint density at radius 2 is 0.377 bits per heavy atom. The largest absolute Gasteiger partial charge is 0.506 e. The van der Waals surface area contributed by atoms with Crippen molar-refractivity contribution in [3.8, 4) is 23.0 Å². The summed E-state index contributed by atoms with van der Waals surface area (Å²) >= 11 is 26.5. The van der Waals surface area contributed by atoms with Crippen LogP contribution in [0.4, 0.5) is 0 Å². The molecule has 292 valence electrons. The van der Waals surface area contributed by atoms with E-state index in [-0.39, 0.29) is 66.4 Å². The minimum atomic E-state index is 0. The van der Waals surface area contributed by atoms with Gasteiger partial charge in [-0.2, -0.15) is 0 Å². The molecule has 0 atom stereocenters. The molecular weight excluding hydrogens is 1230 g/mol. The maximum Gasteiger partial charge on any atom is 0.143 e. The summed E-state index contributed by atoms with van der Waals surface area (Å²) in [6.07, 6.45) is 0. The Balaban J connectivity index is 0.000000676. The molecule has 53 heavy (non-hydrogen) atoms. The average molecular weight is 1280 g/mol. The molecule has 0 bridgehead atoms. The van der Waals surface area contributed by atoms with Crippen LogP contribution < -0.4 is 0 Å². The van der Waals surface area contributed by atoms with E-state index < -0.39 is 0 Å². The normalized spacial score (nSPS) is 11.5. The van der Waals surface area contributed by atoms with Crippen LogP contribution in [0, 0.1) is 0 Å². The number of phenolic OH excluding ortho intramolecular Hbond substituents is 4. The van der Waals surface area contributed by atoms with Crippen LogP contribution in [0.1, 0.15) is 105 Å². The van der Waals surface area contributed by atoms with Crippen molar-refractivity contribution < 1.29 is 42.1 Å². The predicted molar refractivity (Wildman–Crippen MR) is 249 cm³/mol. The van der Waals surface area contributed by atoms with Gasteiger partial charge in [-0.15, -0.1) is 0 Å². The van der Waals surface area contributed by atoms with Crippen molar-refractivity contribution in [3.05, 3.63) is 107 Å². The van der Waals surface area contributed by atoms with Crippen molar-refractivity contribution in [1.82, 2.24) is 0 Å². The van der Waals surface area contributed by atoms with E-state index in [9.17, 15) is 20.4 Å². The molecule has 0 aliphatic rings. The molecule has 0 amide bonds. The van der Waals surface area contributed by atoms with Gasteiger partial charge in [0.2, 0.25) is 0 Å². The molecule has 0 aromatic heterocycles. The molecule has 0 aliphatic heterocycles. The summed E-state index contributed by atoms with van der Waals surface area (Å²) in [5.74, 6) is 1.03. The maximum absolute atomic E-state index is 9.50. The summed E-state index contributed by atoms with van der Waals surface area (Å²) < 4.78 is 5.83. The van der Waals surface area contributed by atoms with Crippen molar-refractivity contribution in [1.29, 1.82) is 0 Å². The summed E-state index contributed by atoms with van der Waals surface area (Å²) in [7, 11) is 0. The van der Waals surface area contributed by atoms with E-state index >= 15 is 0 Å². The minimum absolute atomic E-state index is 0. The van der Waals surface area contributed by atoms with Gasteiger partial charge >= 0.3 is 0 Å². The number of benzene rings is 4. The first-order chi connectivity index (χ1) is 23.3. The van der Waals surface area contributed by atoms with E-state index in [1.165, 1.54) is 22.3 Å². The molecule has 4 nitrogen and oxygen atoms in total. The predicted octanol–water partition coefficient (Wildman–Crippen LogP) is 16.9. The summed E-state index contributed by atoms with van der Waals surface area (Å²) in [6, 6.07) is 15.6. The monoisotopic (exact) mass is 1270 g/mol. The van der Waals surface area contributed by atoms with Crippen molar-refractivity contribution in [2.45, 2.75) is 105 Å². The van der Waals surface area contributed by atoms with E-state index in [4.69, 9.17) is 0 Å². The number of hydrogen-bond acceptors (Lipinski definition) is 4. The molecule has 0 saturated carbocycles. The van der Waals surface area contributed by atoms with Gasteiger partial charge in [-0.25, -0.2) is 0 Å². The van der Waals surface area contributed by atoms with Crippen molar-refractivity contribution in [3.63, 3.8) is 0 Å². The van der Waals surface area contributed by atoms with E-state index in [0.29, 0.717) is 0 Å². The minimum Gasteiger partial charge on any atom is -0.506 e. The van der Waals surface area contributed by atoms with Crippen molar-refractivity contribution in [2.75, 3.05) is 0 Å². The standard InChI is InChI=1S/4C10H12Br2O.Ti/c4*1-10(2,3)6-4-7(11)9(13)8(12)5-6;/h4*4-5,13H,1-3H3;. The molecule has 4 rings (SSSR count). The van der Waals surface area contributed by atoms with Crippen LogP contribution in [0.15, 0.2) is 84.3 Å². The Kier molecular flexibility index (Phi) is 21.8. The third-order valence-corrected chi connectivity index (χ3v) is 12.4. The molecule has 4 N–H and O–H groups in total. The van der Waals surface area contributed by atoms with Crippen LogP contribution in [0.25, 0.3) is 0 Å². The third-order valence-electron chi connectivity index (χ3n) is 7.53. The van der Waals surface area contributed by atoms with Crippen LogP contribution in [0.5, 0.6) is 23.0 Å². The quantitative estimate of drug-likeness (QED) is 0.132. The fourth-order valence-corrected chi connectivity index (χ4v) is 8.74. The maximum atomic E-state index is 9.50. The SMILES string of the molecule is CC(C)(C)c1cc(Br)c(O)c(Br)c1.CC(C)(C)c1cc(Br)c(O)c(Br)c1.CC(C)(C)c1cc(Br)c(O)c(Br)c1.CC(C)(C)c1cc(Br)c(O)c(Br)c1.[Ti]. The van der Waals surface area contributed by atoms with Gasteiger partial charge in [0.05, 0.1) is 35.8 Å². The van der Waals surface area contributed by atoms with Gasteiger partial charge in [-0.3, -0.25) is 0 Å². The number of phenols is 4. The molecule has 0 aliphatic carbocycles. The molecule has 0 radical (unpaired) electrons. The fourth-order valence-electron chi connectivity index (χ4n) is 3.99. The number of aromatic hydroxyl groups is 4. The van der Waals surface area contributed by atoms with Crippen LogP contribution >= 0.6 is 127 Å². The molecule has 0 saturated heterocycles. The Morgan fingerprint density at radius 3 is 0.453 bits per heavy atom.